The predicted octanol–water partition coefficient (Wildman–Crippen LogP) is 5.85. The molecule has 144 valence electrons. The molecule has 1 N–H and O–H groups in total. The fraction of sp³-hybridized carbons (Fsp3) is 0.391. The summed E-state index contributed by atoms with van der Waals surface area (Å²) in [6, 6.07) is 19.1. The first kappa shape index (κ1) is 20.1. The lowest BCUT2D eigenvalue weighted by Gasteiger charge is -2.30. The van der Waals surface area contributed by atoms with Crippen LogP contribution in [0.4, 0.5) is 5.69 Å². The predicted molar refractivity (Wildman–Crippen MR) is 115 cm³/mol. The summed E-state index contributed by atoms with van der Waals surface area (Å²) in [4.78, 5) is 0. The number of rotatable bonds is 8. The zero-order chi connectivity index (χ0) is 19.3. The molecular weight excluding hydrogens is 402 g/mol. The van der Waals surface area contributed by atoms with Crippen molar-refractivity contribution in [2.45, 2.75) is 18.9 Å². The molecule has 0 aromatic heterocycles. The molecule has 1 aliphatic rings. The van der Waals surface area contributed by atoms with Crippen molar-refractivity contribution in [1.29, 1.82) is 0 Å². The van der Waals surface area contributed by atoms with E-state index in [1.807, 2.05) is 0 Å². The normalized spacial score (nSPS) is 19.8. The Bertz CT molecular complexity index is 739. The zero-order valence-electron chi connectivity index (χ0n) is 16.1. The monoisotopic (exact) mass is 429 g/mol. The van der Waals surface area contributed by atoms with Gasteiger partial charge < -0.3 is 14.8 Å². The summed E-state index contributed by atoms with van der Waals surface area (Å²) in [7, 11) is 3.53. The van der Waals surface area contributed by atoms with E-state index in [0.29, 0.717) is 19.1 Å². The molecule has 0 radical (unpaired) electrons. The van der Waals surface area contributed by atoms with Crippen molar-refractivity contribution in [3.8, 4) is 0 Å². The Morgan fingerprint density at radius 3 is 2.30 bits per heavy atom. The van der Waals surface area contributed by atoms with Gasteiger partial charge in [-0.05, 0) is 42.7 Å². The van der Waals surface area contributed by atoms with Crippen LogP contribution in [0.2, 0.25) is 0 Å². The van der Waals surface area contributed by atoms with E-state index in [9.17, 15) is 0 Å². The lowest BCUT2D eigenvalue weighted by Crippen LogP contribution is -2.30. The third-order valence-electron chi connectivity index (χ3n) is 5.41. The van der Waals surface area contributed by atoms with E-state index in [-0.39, 0.29) is 11.5 Å². The molecule has 2 aromatic carbocycles. The lowest BCUT2D eigenvalue weighted by atomic mass is 9.84. The number of benzene rings is 2. The minimum absolute atomic E-state index is 0.000321. The van der Waals surface area contributed by atoms with Gasteiger partial charge in [0.25, 0.3) is 0 Å². The number of anilines is 1. The van der Waals surface area contributed by atoms with Gasteiger partial charge in [-0.3, -0.25) is 0 Å². The Balaban J connectivity index is 1.90. The van der Waals surface area contributed by atoms with E-state index in [4.69, 9.17) is 9.47 Å². The molecule has 0 heterocycles. The molecule has 0 aliphatic heterocycles. The smallest absolute Gasteiger partial charge is 0.0579 e. The summed E-state index contributed by atoms with van der Waals surface area (Å²) in [6.45, 7) is 5.82. The van der Waals surface area contributed by atoms with Crippen molar-refractivity contribution in [3.63, 3.8) is 0 Å². The van der Waals surface area contributed by atoms with E-state index in [2.05, 4.69) is 82.4 Å². The van der Waals surface area contributed by atoms with Gasteiger partial charge in [0.1, 0.15) is 0 Å². The molecule has 3 rings (SSSR count). The Hall–Kier alpha value is -1.62. The van der Waals surface area contributed by atoms with Gasteiger partial charge in [-0.15, -0.1) is 0 Å². The van der Waals surface area contributed by atoms with Gasteiger partial charge in [-0.25, -0.2) is 0 Å². The number of halogens is 1. The second kappa shape index (κ2) is 9.05. The average Bonchev–Trinajstić information content (AvgIpc) is 2.98. The highest BCUT2D eigenvalue weighted by Crippen LogP contribution is 2.50. The van der Waals surface area contributed by atoms with E-state index in [1.165, 1.54) is 11.1 Å². The summed E-state index contributed by atoms with van der Waals surface area (Å²) in [5.41, 5.74) is 3.65. The van der Waals surface area contributed by atoms with Crippen molar-refractivity contribution < 1.29 is 9.47 Å². The fourth-order valence-corrected chi connectivity index (χ4v) is 4.59. The molecule has 0 saturated heterocycles. The molecule has 1 aliphatic carbocycles. The highest BCUT2D eigenvalue weighted by atomic mass is 79.9. The first-order chi connectivity index (χ1) is 13.1. The van der Waals surface area contributed by atoms with Gasteiger partial charge in [0, 0.05) is 35.7 Å². The van der Waals surface area contributed by atoms with E-state index < -0.39 is 0 Å². The van der Waals surface area contributed by atoms with Crippen LogP contribution < -0.4 is 5.32 Å². The summed E-state index contributed by atoms with van der Waals surface area (Å²) in [5.74, 6) is 0.321. The lowest BCUT2D eigenvalue weighted by molar-refractivity contribution is 0.0124. The van der Waals surface area contributed by atoms with E-state index in [0.717, 1.165) is 23.0 Å². The standard InChI is InChI=1S/C23H28BrNO2/c1-17-13-23(15-26-2,16-27-3)14-21(17)22(18-7-5-4-6-8-18)25-20-11-9-19(24)10-12-20/h4-12,21-22,25H,1,13-16H2,2-3H3/t21-,22-/m0/s1. The van der Waals surface area contributed by atoms with Gasteiger partial charge in [-0.2, -0.15) is 0 Å². The minimum Gasteiger partial charge on any atom is -0.384 e. The van der Waals surface area contributed by atoms with Crippen molar-refractivity contribution in [2.75, 3.05) is 32.8 Å². The second-order valence-electron chi connectivity index (χ2n) is 7.55. The molecule has 0 spiro atoms. The second-order valence-corrected chi connectivity index (χ2v) is 8.47. The van der Waals surface area contributed by atoms with Crippen LogP contribution in [0.3, 0.4) is 0 Å². The molecule has 3 nitrogen and oxygen atoms in total. The van der Waals surface area contributed by atoms with Gasteiger partial charge in [-0.1, -0.05) is 58.4 Å². The van der Waals surface area contributed by atoms with Gasteiger partial charge in [0.15, 0.2) is 0 Å². The van der Waals surface area contributed by atoms with Crippen molar-refractivity contribution in [3.05, 3.63) is 76.8 Å². The largest absolute Gasteiger partial charge is 0.384 e. The highest BCUT2D eigenvalue weighted by Gasteiger charge is 2.44. The fourth-order valence-electron chi connectivity index (χ4n) is 4.33. The number of hydrogen-bond donors (Lipinski definition) is 1. The van der Waals surface area contributed by atoms with Crippen molar-refractivity contribution >= 4 is 21.6 Å². The first-order valence-electron chi connectivity index (χ1n) is 9.29. The van der Waals surface area contributed by atoms with Crippen LogP contribution >= 0.6 is 15.9 Å². The van der Waals surface area contributed by atoms with Crippen LogP contribution in [0, 0.1) is 11.3 Å². The summed E-state index contributed by atoms with van der Waals surface area (Å²) in [6.07, 6.45) is 1.93. The summed E-state index contributed by atoms with van der Waals surface area (Å²) in [5, 5.41) is 3.75. The molecule has 2 atom stereocenters. The van der Waals surface area contributed by atoms with Crippen LogP contribution in [-0.2, 0) is 9.47 Å². The van der Waals surface area contributed by atoms with Gasteiger partial charge in [0.2, 0.25) is 0 Å². The Kier molecular flexibility index (Phi) is 6.74. The molecular formula is C23H28BrNO2. The number of ether oxygens (including phenoxy) is 2. The molecule has 2 aromatic rings. The molecule has 0 unspecified atom stereocenters. The SMILES string of the molecule is C=C1CC(COC)(COC)C[C@@H]1[C@@H](Nc1ccc(Br)cc1)c1ccccc1. The Morgan fingerprint density at radius 1 is 1.07 bits per heavy atom. The third kappa shape index (κ3) is 4.81. The van der Waals surface area contributed by atoms with E-state index >= 15 is 0 Å². The highest BCUT2D eigenvalue weighted by molar-refractivity contribution is 9.10. The van der Waals surface area contributed by atoms with Crippen LogP contribution in [0.1, 0.15) is 24.4 Å². The zero-order valence-corrected chi connectivity index (χ0v) is 17.7. The van der Waals surface area contributed by atoms with Crippen LogP contribution in [0.25, 0.3) is 0 Å². The number of methoxy groups -OCH3 is 2. The van der Waals surface area contributed by atoms with Crippen LogP contribution in [0.5, 0.6) is 0 Å². The maximum Gasteiger partial charge on any atom is 0.0579 e. The maximum absolute atomic E-state index is 5.55. The van der Waals surface area contributed by atoms with Crippen LogP contribution in [-0.4, -0.2) is 27.4 Å². The summed E-state index contributed by atoms with van der Waals surface area (Å²) >= 11 is 3.51. The quantitative estimate of drug-likeness (QED) is 0.533. The maximum atomic E-state index is 5.55. The minimum atomic E-state index is -0.000321. The van der Waals surface area contributed by atoms with Crippen molar-refractivity contribution in [1.82, 2.24) is 0 Å². The molecule has 4 heteroatoms. The average molecular weight is 430 g/mol. The first-order valence-corrected chi connectivity index (χ1v) is 10.1. The molecule has 0 bridgehead atoms. The van der Waals surface area contributed by atoms with Crippen LogP contribution in [0.15, 0.2) is 71.2 Å². The number of nitrogens with one attached hydrogen (secondary N) is 1. The molecule has 1 fully saturated rings. The Labute approximate surface area is 170 Å². The summed E-state index contributed by atoms with van der Waals surface area (Å²) < 4.78 is 12.2. The molecule has 27 heavy (non-hydrogen) atoms. The Morgan fingerprint density at radius 2 is 1.70 bits per heavy atom. The molecule has 1 saturated carbocycles. The van der Waals surface area contributed by atoms with Gasteiger partial charge in [0.05, 0.1) is 19.3 Å². The van der Waals surface area contributed by atoms with E-state index in [1.54, 1.807) is 14.2 Å². The topological polar surface area (TPSA) is 30.5 Å². The molecule has 0 amide bonds. The third-order valence-corrected chi connectivity index (χ3v) is 5.94. The number of hydrogen-bond acceptors (Lipinski definition) is 3. The van der Waals surface area contributed by atoms with Crippen molar-refractivity contribution in [2.24, 2.45) is 11.3 Å². The van der Waals surface area contributed by atoms with Gasteiger partial charge >= 0.3 is 0 Å².